The van der Waals surface area contributed by atoms with E-state index in [2.05, 4.69) is 33.9 Å². The van der Waals surface area contributed by atoms with Gasteiger partial charge >= 0.3 is 0 Å². The van der Waals surface area contributed by atoms with Crippen molar-refractivity contribution in [3.63, 3.8) is 0 Å². The molecular formula is C12H19ClN4S. The molecule has 4 nitrogen and oxygen atoms in total. The molecule has 1 atom stereocenters. The van der Waals surface area contributed by atoms with E-state index in [9.17, 15) is 0 Å². The molecule has 1 unspecified atom stereocenters. The van der Waals surface area contributed by atoms with Crippen molar-refractivity contribution in [2.24, 2.45) is 0 Å². The van der Waals surface area contributed by atoms with Crippen molar-refractivity contribution < 1.29 is 0 Å². The topological polar surface area (TPSA) is 32.3 Å². The Morgan fingerprint density at radius 1 is 1.50 bits per heavy atom. The molecule has 0 aliphatic carbocycles. The Balaban J connectivity index is 2.21. The monoisotopic (exact) mass is 286 g/mol. The van der Waals surface area contributed by atoms with Gasteiger partial charge in [-0.1, -0.05) is 23.4 Å². The highest BCUT2D eigenvalue weighted by Crippen LogP contribution is 2.27. The maximum absolute atomic E-state index is 6.06. The van der Waals surface area contributed by atoms with Gasteiger partial charge in [0.2, 0.25) is 0 Å². The van der Waals surface area contributed by atoms with Crippen LogP contribution in [0, 0.1) is 0 Å². The molecule has 0 spiro atoms. The molecule has 100 valence electrons. The van der Waals surface area contributed by atoms with E-state index in [1.165, 1.54) is 24.6 Å². The molecule has 0 amide bonds. The number of likely N-dealkylation sites (N-methyl/N-ethyl adjacent to an activating group) is 1. The molecule has 1 fully saturated rings. The molecule has 18 heavy (non-hydrogen) atoms. The Bertz CT molecular complexity index is 413. The Morgan fingerprint density at radius 3 is 2.94 bits per heavy atom. The van der Waals surface area contributed by atoms with Crippen molar-refractivity contribution in [2.75, 3.05) is 38.3 Å². The van der Waals surface area contributed by atoms with Gasteiger partial charge in [-0.3, -0.25) is 0 Å². The van der Waals surface area contributed by atoms with Crippen molar-refractivity contribution in [1.82, 2.24) is 14.9 Å². The van der Waals surface area contributed by atoms with Crippen LogP contribution in [0.5, 0.6) is 0 Å². The summed E-state index contributed by atoms with van der Waals surface area (Å²) in [6.07, 6.45) is 4.40. The third kappa shape index (κ3) is 3.28. The van der Waals surface area contributed by atoms with Crippen LogP contribution in [0.4, 0.5) is 5.82 Å². The van der Waals surface area contributed by atoms with Gasteiger partial charge in [-0.15, -0.1) is 0 Å². The first-order valence-electron chi connectivity index (χ1n) is 6.10. The maximum Gasteiger partial charge on any atom is 0.190 e. The minimum Gasteiger partial charge on any atom is -0.352 e. The van der Waals surface area contributed by atoms with Crippen molar-refractivity contribution in [2.45, 2.75) is 24.0 Å². The van der Waals surface area contributed by atoms with Crippen LogP contribution in [0.15, 0.2) is 11.2 Å². The fourth-order valence-corrected chi connectivity index (χ4v) is 2.97. The number of aromatic nitrogens is 2. The Kier molecular flexibility index (Phi) is 4.70. The second-order valence-corrected chi connectivity index (χ2v) is 5.95. The standard InChI is InChI=1S/C12H19ClN4S/c1-16(2)8-9-5-4-6-17(9)11-7-10(13)14-12(15-11)18-3/h7,9H,4-6,8H2,1-3H3. The zero-order chi connectivity index (χ0) is 13.1. The lowest BCUT2D eigenvalue weighted by Gasteiger charge is -2.28. The van der Waals surface area contributed by atoms with Gasteiger partial charge in [-0.2, -0.15) is 0 Å². The van der Waals surface area contributed by atoms with Gasteiger partial charge in [0.1, 0.15) is 11.0 Å². The van der Waals surface area contributed by atoms with Crippen molar-refractivity contribution in [1.29, 1.82) is 0 Å². The fourth-order valence-electron chi connectivity index (χ4n) is 2.37. The summed E-state index contributed by atoms with van der Waals surface area (Å²) >= 11 is 7.59. The molecule has 0 N–H and O–H groups in total. The molecule has 1 aliphatic rings. The van der Waals surface area contributed by atoms with Crippen LogP contribution in [-0.4, -0.2) is 54.4 Å². The summed E-state index contributed by atoms with van der Waals surface area (Å²) in [5, 5.41) is 1.27. The summed E-state index contributed by atoms with van der Waals surface area (Å²) in [5.74, 6) is 0.962. The molecule has 1 aromatic heterocycles. The average Bonchev–Trinajstić information content (AvgIpc) is 2.75. The van der Waals surface area contributed by atoms with Crippen LogP contribution >= 0.6 is 23.4 Å². The van der Waals surface area contributed by atoms with E-state index < -0.39 is 0 Å². The first-order chi connectivity index (χ1) is 8.60. The van der Waals surface area contributed by atoms with E-state index >= 15 is 0 Å². The fraction of sp³-hybridized carbons (Fsp3) is 0.667. The highest BCUT2D eigenvalue weighted by molar-refractivity contribution is 7.98. The van der Waals surface area contributed by atoms with Crippen LogP contribution in [-0.2, 0) is 0 Å². The summed E-state index contributed by atoms with van der Waals surface area (Å²) in [5.41, 5.74) is 0. The summed E-state index contributed by atoms with van der Waals surface area (Å²) in [6.45, 7) is 2.11. The Hall–Kier alpha value is -0.520. The second-order valence-electron chi connectivity index (χ2n) is 4.79. The summed E-state index contributed by atoms with van der Waals surface area (Å²) < 4.78 is 0. The van der Waals surface area contributed by atoms with Gasteiger partial charge in [-0.25, -0.2) is 9.97 Å². The molecule has 1 aliphatic heterocycles. The van der Waals surface area contributed by atoms with Crippen LogP contribution in [0.1, 0.15) is 12.8 Å². The zero-order valence-electron chi connectivity index (χ0n) is 11.1. The zero-order valence-corrected chi connectivity index (χ0v) is 12.6. The molecule has 0 aromatic carbocycles. The van der Waals surface area contributed by atoms with Crippen molar-refractivity contribution in [3.05, 3.63) is 11.2 Å². The molecule has 2 heterocycles. The number of anilines is 1. The molecule has 2 rings (SSSR count). The van der Waals surface area contributed by atoms with Crippen molar-refractivity contribution >= 4 is 29.2 Å². The second kappa shape index (κ2) is 6.08. The Morgan fingerprint density at radius 2 is 2.28 bits per heavy atom. The lowest BCUT2D eigenvalue weighted by atomic mass is 10.2. The average molecular weight is 287 g/mol. The summed E-state index contributed by atoms with van der Waals surface area (Å²) in [4.78, 5) is 13.3. The maximum atomic E-state index is 6.06. The first kappa shape index (κ1) is 13.9. The third-order valence-electron chi connectivity index (χ3n) is 3.09. The Labute approximate surface area is 118 Å². The van der Waals surface area contributed by atoms with Crippen LogP contribution in [0.2, 0.25) is 5.15 Å². The number of halogens is 1. The molecule has 1 saturated heterocycles. The molecular weight excluding hydrogens is 268 g/mol. The number of nitrogens with zero attached hydrogens (tertiary/aromatic N) is 4. The van der Waals surface area contributed by atoms with E-state index in [-0.39, 0.29) is 0 Å². The highest BCUT2D eigenvalue weighted by atomic mass is 35.5. The normalized spacial score (nSPS) is 19.8. The number of hydrogen-bond donors (Lipinski definition) is 0. The smallest absolute Gasteiger partial charge is 0.190 e. The van der Waals surface area contributed by atoms with Gasteiger partial charge in [-0.05, 0) is 33.2 Å². The van der Waals surface area contributed by atoms with E-state index in [4.69, 9.17) is 11.6 Å². The highest BCUT2D eigenvalue weighted by Gasteiger charge is 2.26. The predicted molar refractivity (Wildman–Crippen MR) is 77.7 cm³/mol. The van der Waals surface area contributed by atoms with Crippen LogP contribution in [0.25, 0.3) is 0 Å². The predicted octanol–water partition coefficient (Wildman–Crippen LogP) is 2.38. The SMILES string of the molecule is CSc1nc(Cl)cc(N2CCCC2CN(C)C)n1. The van der Waals surface area contributed by atoms with Gasteiger partial charge in [0.05, 0.1) is 0 Å². The lowest BCUT2D eigenvalue weighted by molar-refractivity contribution is 0.371. The molecule has 0 bridgehead atoms. The quantitative estimate of drug-likeness (QED) is 0.482. The van der Waals surface area contributed by atoms with E-state index in [0.717, 1.165) is 24.1 Å². The van der Waals surface area contributed by atoms with Crippen LogP contribution in [0.3, 0.4) is 0 Å². The number of rotatable bonds is 4. The lowest BCUT2D eigenvalue weighted by Crippen LogP contribution is -2.38. The largest absolute Gasteiger partial charge is 0.352 e. The molecule has 6 heteroatoms. The van der Waals surface area contributed by atoms with E-state index in [1.807, 2.05) is 12.3 Å². The first-order valence-corrected chi connectivity index (χ1v) is 7.70. The van der Waals surface area contributed by atoms with E-state index in [1.54, 1.807) is 0 Å². The van der Waals surface area contributed by atoms with Gasteiger partial charge in [0.15, 0.2) is 5.16 Å². The third-order valence-corrected chi connectivity index (χ3v) is 3.83. The minimum absolute atomic E-state index is 0.528. The van der Waals surface area contributed by atoms with Crippen LogP contribution < -0.4 is 4.90 Å². The minimum atomic E-state index is 0.528. The molecule has 1 aromatic rings. The van der Waals surface area contributed by atoms with Gasteiger partial charge < -0.3 is 9.80 Å². The summed E-state index contributed by atoms with van der Waals surface area (Å²) in [7, 11) is 4.22. The number of thioether (sulfide) groups is 1. The van der Waals surface area contributed by atoms with Gasteiger partial charge in [0, 0.05) is 25.2 Å². The molecule has 0 saturated carbocycles. The molecule has 0 radical (unpaired) electrons. The summed E-state index contributed by atoms with van der Waals surface area (Å²) in [6, 6.07) is 2.40. The van der Waals surface area contributed by atoms with Crippen molar-refractivity contribution in [3.8, 4) is 0 Å². The number of hydrogen-bond acceptors (Lipinski definition) is 5. The van der Waals surface area contributed by atoms with Gasteiger partial charge in [0.25, 0.3) is 0 Å². The van der Waals surface area contributed by atoms with E-state index in [0.29, 0.717) is 11.2 Å².